The van der Waals surface area contributed by atoms with Gasteiger partial charge in [0.15, 0.2) is 0 Å². The van der Waals surface area contributed by atoms with Crippen LogP contribution in [0.2, 0.25) is 5.04 Å². The fraction of sp³-hybridized carbons (Fsp3) is 0.391. The van der Waals surface area contributed by atoms with Crippen molar-refractivity contribution in [3.8, 4) is 0 Å². The highest BCUT2D eigenvalue weighted by molar-refractivity contribution is 6.99. The van der Waals surface area contributed by atoms with Gasteiger partial charge in [-0.1, -0.05) is 87.5 Å². The standard InChI is InChI=1S/C23H32O2Si/c1-6-20(17-19(2)24)18-25-26(23(3,4)5,21-13-9-7-10-14-21)22-15-11-8-12-16-22/h6-16,19-20,24H,1,17-18H2,2-5H3/t19-,20+/m0/s1. The Labute approximate surface area is 159 Å². The molecule has 0 bridgehead atoms. The molecule has 0 fully saturated rings. The van der Waals surface area contributed by atoms with Crippen LogP contribution >= 0.6 is 0 Å². The Kier molecular flexibility index (Phi) is 6.99. The highest BCUT2D eigenvalue weighted by Gasteiger charge is 2.50. The molecule has 0 aromatic heterocycles. The number of hydrogen-bond acceptors (Lipinski definition) is 2. The monoisotopic (exact) mass is 368 g/mol. The lowest BCUT2D eigenvalue weighted by Crippen LogP contribution is -2.66. The minimum absolute atomic E-state index is 0.0355. The summed E-state index contributed by atoms with van der Waals surface area (Å²) < 4.78 is 6.88. The maximum Gasteiger partial charge on any atom is 0.261 e. The summed E-state index contributed by atoms with van der Waals surface area (Å²) in [5.41, 5.74) is 0. The lowest BCUT2D eigenvalue weighted by Gasteiger charge is -2.43. The van der Waals surface area contributed by atoms with E-state index in [1.165, 1.54) is 10.4 Å². The van der Waals surface area contributed by atoms with E-state index in [1.54, 1.807) is 0 Å². The third kappa shape index (κ3) is 4.53. The smallest absolute Gasteiger partial charge is 0.261 e. The van der Waals surface area contributed by atoms with Crippen molar-refractivity contribution in [2.24, 2.45) is 5.92 Å². The summed E-state index contributed by atoms with van der Waals surface area (Å²) in [6.07, 6.45) is 2.22. The summed E-state index contributed by atoms with van der Waals surface area (Å²) in [6.45, 7) is 13.2. The van der Waals surface area contributed by atoms with E-state index >= 15 is 0 Å². The van der Waals surface area contributed by atoms with Crippen molar-refractivity contribution in [1.29, 1.82) is 0 Å². The topological polar surface area (TPSA) is 29.5 Å². The minimum atomic E-state index is -2.51. The molecular formula is C23H32O2Si. The Hall–Kier alpha value is -1.68. The Morgan fingerprint density at radius 3 is 1.81 bits per heavy atom. The maximum atomic E-state index is 9.79. The summed E-state index contributed by atoms with van der Waals surface area (Å²) in [5.74, 6) is 0.136. The van der Waals surface area contributed by atoms with Crippen LogP contribution in [0.5, 0.6) is 0 Å². The van der Waals surface area contributed by atoms with Gasteiger partial charge in [0.25, 0.3) is 8.32 Å². The lowest BCUT2D eigenvalue weighted by molar-refractivity contribution is 0.148. The van der Waals surface area contributed by atoms with E-state index in [0.29, 0.717) is 13.0 Å². The van der Waals surface area contributed by atoms with Crippen LogP contribution < -0.4 is 10.4 Å². The average Bonchev–Trinajstić information content (AvgIpc) is 2.61. The van der Waals surface area contributed by atoms with E-state index in [2.05, 4.69) is 88.0 Å². The van der Waals surface area contributed by atoms with Crippen LogP contribution in [-0.4, -0.2) is 26.1 Å². The quantitative estimate of drug-likeness (QED) is 0.561. The van der Waals surface area contributed by atoms with Crippen LogP contribution in [-0.2, 0) is 4.43 Å². The summed E-state index contributed by atoms with van der Waals surface area (Å²) in [5, 5.41) is 12.3. The van der Waals surface area contributed by atoms with Gasteiger partial charge in [-0.2, -0.15) is 0 Å². The van der Waals surface area contributed by atoms with Gasteiger partial charge in [-0.25, -0.2) is 0 Å². The average molecular weight is 369 g/mol. The highest BCUT2D eigenvalue weighted by atomic mass is 28.4. The zero-order chi connectivity index (χ0) is 19.2. The SMILES string of the molecule is C=C[C@@H](CO[Si](c1ccccc1)(c1ccccc1)C(C)(C)C)C[C@H](C)O. The molecule has 2 aromatic rings. The Morgan fingerprint density at radius 2 is 1.46 bits per heavy atom. The van der Waals surface area contributed by atoms with Crippen molar-refractivity contribution < 1.29 is 9.53 Å². The van der Waals surface area contributed by atoms with Gasteiger partial charge in [-0.3, -0.25) is 0 Å². The largest absolute Gasteiger partial charge is 0.407 e. The Balaban J connectivity index is 2.52. The summed E-state index contributed by atoms with van der Waals surface area (Å²) >= 11 is 0. The second-order valence-corrected chi connectivity index (χ2v) is 12.4. The van der Waals surface area contributed by atoms with Gasteiger partial charge in [0.1, 0.15) is 0 Å². The summed E-state index contributed by atoms with van der Waals surface area (Å²) in [6, 6.07) is 21.3. The Bertz CT molecular complexity index is 635. The molecule has 3 heteroatoms. The first-order valence-electron chi connectivity index (χ1n) is 9.37. The molecule has 0 aliphatic heterocycles. The molecule has 0 saturated carbocycles. The van der Waals surface area contributed by atoms with Crippen LogP contribution in [0.25, 0.3) is 0 Å². The number of aliphatic hydroxyl groups is 1. The summed E-state index contributed by atoms with van der Waals surface area (Å²) in [4.78, 5) is 0. The molecule has 0 heterocycles. The zero-order valence-electron chi connectivity index (χ0n) is 16.5. The van der Waals surface area contributed by atoms with Gasteiger partial charge in [-0.15, -0.1) is 6.58 Å². The third-order valence-electron chi connectivity index (χ3n) is 4.91. The third-order valence-corrected chi connectivity index (χ3v) is 9.91. The molecule has 26 heavy (non-hydrogen) atoms. The summed E-state index contributed by atoms with van der Waals surface area (Å²) in [7, 11) is -2.51. The molecule has 0 amide bonds. The number of rotatable bonds is 8. The van der Waals surface area contributed by atoms with Crippen LogP contribution in [0.1, 0.15) is 34.1 Å². The lowest BCUT2D eigenvalue weighted by atomic mass is 10.0. The maximum absolute atomic E-state index is 9.79. The van der Waals surface area contributed by atoms with Gasteiger partial charge >= 0.3 is 0 Å². The van der Waals surface area contributed by atoms with Crippen molar-refractivity contribution in [1.82, 2.24) is 0 Å². The molecular weight excluding hydrogens is 336 g/mol. The second-order valence-electron chi connectivity index (χ2n) is 8.05. The fourth-order valence-electron chi connectivity index (χ4n) is 3.66. The van der Waals surface area contributed by atoms with E-state index < -0.39 is 8.32 Å². The van der Waals surface area contributed by atoms with Crippen molar-refractivity contribution in [3.05, 3.63) is 73.3 Å². The van der Waals surface area contributed by atoms with E-state index in [1.807, 2.05) is 13.0 Å². The van der Waals surface area contributed by atoms with Crippen LogP contribution in [0.15, 0.2) is 73.3 Å². The van der Waals surface area contributed by atoms with Crippen molar-refractivity contribution >= 4 is 18.7 Å². The first-order valence-corrected chi connectivity index (χ1v) is 11.3. The molecule has 0 aliphatic carbocycles. The van der Waals surface area contributed by atoms with E-state index in [-0.39, 0.29) is 17.1 Å². The molecule has 0 saturated heterocycles. The van der Waals surface area contributed by atoms with E-state index in [0.717, 1.165) is 0 Å². The second kappa shape index (κ2) is 8.80. The molecule has 0 radical (unpaired) electrons. The molecule has 0 unspecified atom stereocenters. The van der Waals surface area contributed by atoms with Gasteiger partial charge in [-0.05, 0) is 28.8 Å². The predicted molar refractivity (Wildman–Crippen MR) is 114 cm³/mol. The minimum Gasteiger partial charge on any atom is -0.407 e. The van der Waals surface area contributed by atoms with Crippen LogP contribution in [0, 0.1) is 5.92 Å². The Morgan fingerprint density at radius 1 is 1.00 bits per heavy atom. The molecule has 2 atom stereocenters. The predicted octanol–water partition coefficient (Wildman–Crippen LogP) is 4.14. The fourth-order valence-corrected chi connectivity index (χ4v) is 8.28. The van der Waals surface area contributed by atoms with Crippen LogP contribution in [0.3, 0.4) is 0 Å². The first kappa shape index (κ1) is 20.6. The van der Waals surface area contributed by atoms with Crippen LogP contribution in [0.4, 0.5) is 0 Å². The van der Waals surface area contributed by atoms with E-state index in [4.69, 9.17) is 4.43 Å². The van der Waals surface area contributed by atoms with Crippen molar-refractivity contribution in [2.75, 3.05) is 6.61 Å². The molecule has 0 aliphatic rings. The van der Waals surface area contributed by atoms with Gasteiger partial charge in [0.05, 0.1) is 6.10 Å². The molecule has 1 N–H and O–H groups in total. The normalized spacial score (nSPS) is 14.7. The molecule has 2 nitrogen and oxygen atoms in total. The van der Waals surface area contributed by atoms with Crippen molar-refractivity contribution in [2.45, 2.75) is 45.3 Å². The zero-order valence-corrected chi connectivity index (χ0v) is 17.5. The number of benzene rings is 2. The van der Waals surface area contributed by atoms with E-state index in [9.17, 15) is 5.11 Å². The molecule has 0 spiro atoms. The molecule has 2 rings (SSSR count). The first-order chi connectivity index (χ1) is 12.3. The highest BCUT2D eigenvalue weighted by Crippen LogP contribution is 2.37. The molecule has 140 valence electrons. The number of hydrogen-bond donors (Lipinski definition) is 1. The number of aliphatic hydroxyl groups excluding tert-OH is 1. The van der Waals surface area contributed by atoms with Gasteiger partial charge < -0.3 is 9.53 Å². The molecule has 2 aromatic carbocycles. The van der Waals surface area contributed by atoms with Gasteiger partial charge in [0.2, 0.25) is 0 Å². The van der Waals surface area contributed by atoms with Crippen molar-refractivity contribution in [3.63, 3.8) is 0 Å². The van der Waals surface area contributed by atoms with Gasteiger partial charge in [0, 0.05) is 12.5 Å².